The molecule has 0 spiro atoms. The fourth-order valence-corrected chi connectivity index (χ4v) is 3.56. The highest BCUT2D eigenvalue weighted by atomic mass is 32.2. The number of hydrogen-bond acceptors (Lipinski definition) is 5. The maximum atomic E-state index is 10.6. The first-order chi connectivity index (χ1) is 9.92. The van der Waals surface area contributed by atoms with E-state index < -0.39 is 10.1 Å². The molecule has 1 fully saturated rings. The van der Waals surface area contributed by atoms with Gasteiger partial charge in [0.25, 0.3) is 10.1 Å². The van der Waals surface area contributed by atoms with Crippen molar-refractivity contribution in [3.8, 4) is 5.75 Å². The summed E-state index contributed by atoms with van der Waals surface area (Å²) >= 11 is 1.55. The van der Waals surface area contributed by atoms with Crippen molar-refractivity contribution < 1.29 is 22.4 Å². The van der Waals surface area contributed by atoms with Crippen LogP contribution in [-0.2, 0) is 14.9 Å². The second-order valence-corrected chi connectivity index (χ2v) is 7.92. The molecule has 0 aromatic heterocycles. The minimum Gasteiger partial charge on any atom is -0.465 e. The van der Waals surface area contributed by atoms with Gasteiger partial charge in [0.15, 0.2) is 6.29 Å². The average molecular weight is 332 g/mol. The number of ether oxygens (including phenoxy) is 2. The third-order valence-corrected chi connectivity index (χ3v) is 4.97. The molecule has 1 saturated heterocycles. The third kappa shape index (κ3) is 6.25. The molecule has 1 aliphatic rings. The minimum absolute atomic E-state index is 0.159. The third-order valence-electron chi connectivity index (χ3n) is 3.07. The van der Waals surface area contributed by atoms with Crippen molar-refractivity contribution >= 4 is 21.9 Å². The Morgan fingerprint density at radius 3 is 2.67 bits per heavy atom. The number of rotatable bonds is 7. The second-order valence-electron chi connectivity index (χ2n) is 5.18. The predicted octanol–water partition coefficient (Wildman–Crippen LogP) is 2.82. The fourth-order valence-electron chi connectivity index (χ4n) is 2.02. The maximum Gasteiger partial charge on any atom is 0.264 e. The van der Waals surface area contributed by atoms with E-state index in [1.54, 1.807) is 11.8 Å². The molecule has 5 nitrogen and oxygen atoms in total. The number of thioether (sulfide) groups is 1. The van der Waals surface area contributed by atoms with Gasteiger partial charge in [0.2, 0.25) is 0 Å². The van der Waals surface area contributed by atoms with E-state index in [-0.39, 0.29) is 12.0 Å². The van der Waals surface area contributed by atoms with Crippen molar-refractivity contribution in [3.63, 3.8) is 0 Å². The van der Waals surface area contributed by atoms with Gasteiger partial charge >= 0.3 is 0 Å². The van der Waals surface area contributed by atoms with Crippen LogP contribution in [0.25, 0.3) is 0 Å². The predicted molar refractivity (Wildman–Crippen MR) is 82.3 cm³/mol. The van der Waals surface area contributed by atoms with Crippen LogP contribution in [-0.4, -0.2) is 37.4 Å². The first-order valence-corrected chi connectivity index (χ1v) is 9.48. The highest BCUT2D eigenvalue weighted by Gasteiger charge is 2.23. The lowest BCUT2D eigenvalue weighted by Gasteiger charge is -2.13. The zero-order valence-corrected chi connectivity index (χ0v) is 13.5. The summed E-state index contributed by atoms with van der Waals surface area (Å²) in [7, 11) is -3.85. The van der Waals surface area contributed by atoms with Crippen LogP contribution in [0.5, 0.6) is 5.75 Å². The van der Waals surface area contributed by atoms with Crippen molar-refractivity contribution in [2.24, 2.45) is 5.92 Å². The van der Waals surface area contributed by atoms with E-state index in [0.717, 1.165) is 23.7 Å². The minimum atomic E-state index is -3.85. The van der Waals surface area contributed by atoms with Crippen molar-refractivity contribution in [1.29, 1.82) is 0 Å². The number of benzene rings is 1. The van der Waals surface area contributed by atoms with Gasteiger partial charge < -0.3 is 9.47 Å². The molecule has 21 heavy (non-hydrogen) atoms. The molecule has 0 bridgehead atoms. The molecular formula is C14H20O5S2. The smallest absolute Gasteiger partial charge is 0.264 e. The molecule has 1 aromatic carbocycles. The van der Waals surface area contributed by atoms with Gasteiger partial charge in [-0.05, 0) is 42.4 Å². The normalized spacial score (nSPS) is 22.4. The van der Waals surface area contributed by atoms with E-state index >= 15 is 0 Å². The summed E-state index contributed by atoms with van der Waals surface area (Å²) in [5, 5.41) is 0. The Morgan fingerprint density at radius 1 is 1.38 bits per heavy atom. The Kier molecular flexibility index (Phi) is 5.92. The Balaban J connectivity index is 1.74. The monoisotopic (exact) mass is 332 g/mol. The zero-order chi connectivity index (χ0) is 15.3. The summed E-state index contributed by atoms with van der Waals surface area (Å²) in [6, 6.07) is 7.65. The van der Waals surface area contributed by atoms with E-state index in [1.807, 2.05) is 24.3 Å². The molecule has 0 amide bonds. The van der Waals surface area contributed by atoms with Crippen LogP contribution < -0.4 is 4.74 Å². The molecular weight excluding hydrogens is 312 g/mol. The highest BCUT2D eigenvalue weighted by Crippen LogP contribution is 2.26. The summed E-state index contributed by atoms with van der Waals surface area (Å²) in [6.07, 6.45) is 1.18. The first kappa shape index (κ1) is 16.6. The Morgan fingerprint density at radius 2 is 2.10 bits per heavy atom. The van der Waals surface area contributed by atoms with E-state index in [4.69, 9.17) is 14.0 Å². The lowest BCUT2D eigenvalue weighted by molar-refractivity contribution is -0.0393. The van der Waals surface area contributed by atoms with Crippen molar-refractivity contribution in [2.75, 3.05) is 18.1 Å². The molecule has 0 radical (unpaired) electrons. The van der Waals surface area contributed by atoms with Gasteiger partial charge in [-0.1, -0.05) is 6.92 Å². The quantitative estimate of drug-likeness (QED) is 0.470. The van der Waals surface area contributed by atoms with Crippen molar-refractivity contribution in [2.45, 2.75) is 31.0 Å². The van der Waals surface area contributed by atoms with Gasteiger partial charge in [-0.3, -0.25) is 4.55 Å². The largest absolute Gasteiger partial charge is 0.465 e. The molecule has 1 aromatic rings. The average Bonchev–Trinajstić information content (AvgIpc) is 2.81. The second kappa shape index (κ2) is 7.49. The van der Waals surface area contributed by atoms with Crippen molar-refractivity contribution in [3.05, 3.63) is 24.3 Å². The Labute approximate surface area is 129 Å². The van der Waals surface area contributed by atoms with Gasteiger partial charge in [-0.25, -0.2) is 0 Å². The molecule has 0 saturated carbocycles. The Bertz CT molecular complexity index is 541. The zero-order valence-electron chi connectivity index (χ0n) is 11.9. The lowest BCUT2D eigenvalue weighted by atomic mass is 10.1. The maximum absolute atomic E-state index is 10.6. The van der Waals surface area contributed by atoms with E-state index in [2.05, 4.69) is 6.92 Å². The van der Waals surface area contributed by atoms with Crippen LogP contribution in [0.2, 0.25) is 0 Å². The van der Waals surface area contributed by atoms with Gasteiger partial charge in [0.1, 0.15) is 5.75 Å². The molecule has 2 atom stereocenters. The summed E-state index contributed by atoms with van der Waals surface area (Å²) < 4.78 is 41.1. The highest BCUT2D eigenvalue weighted by molar-refractivity contribution is 7.99. The number of hydrogen-bond donors (Lipinski definition) is 1. The molecule has 1 N–H and O–H groups in total. The van der Waals surface area contributed by atoms with Crippen molar-refractivity contribution in [1.82, 2.24) is 0 Å². The van der Waals surface area contributed by atoms with E-state index in [0.29, 0.717) is 18.1 Å². The van der Waals surface area contributed by atoms with E-state index in [9.17, 15) is 8.42 Å². The van der Waals surface area contributed by atoms with Gasteiger partial charge in [0.05, 0.1) is 12.4 Å². The molecule has 2 rings (SSSR count). The van der Waals surface area contributed by atoms with Crippen LogP contribution in [0.4, 0.5) is 0 Å². The van der Waals surface area contributed by atoms with Crippen LogP contribution in [0.3, 0.4) is 0 Å². The lowest BCUT2D eigenvalue weighted by Crippen LogP contribution is -2.13. The topological polar surface area (TPSA) is 72.8 Å². The van der Waals surface area contributed by atoms with Crippen LogP contribution in [0, 0.1) is 5.92 Å². The van der Waals surface area contributed by atoms with Gasteiger partial charge in [-0.2, -0.15) is 8.42 Å². The molecule has 0 aliphatic carbocycles. The molecule has 7 heteroatoms. The summed E-state index contributed by atoms with van der Waals surface area (Å²) in [5.74, 6) is 1.76. The van der Waals surface area contributed by atoms with Crippen LogP contribution >= 0.6 is 11.8 Å². The first-order valence-electron chi connectivity index (χ1n) is 6.89. The van der Waals surface area contributed by atoms with E-state index in [1.165, 1.54) is 0 Å². The standard InChI is InChI=1S/C14H20O5S2/c1-11-9-14(18-10-11)19-12-3-5-13(6-4-12)20-7-2-8-21(15,16)17/h3-6,11,14H,2,7-10H2,1H3,(H,15,16,17)/t11-,14?/m1/s1. The summed E-state index contributed by atoms with van der Waals surface area (Å²) in [6.45, 7) is 2.88. The Hall–Kier alpha value is -0.760. The molecule has 1 heterocycles. The van der Waals surface area contributed by atoms with Gasteiger partial charge in [-0.15, -0.1) is 11.8 Å². The summed E-state index contributed by atoms with van der Waals surface area (Å²) in [5.41, 5.74) is 0. The summed E-state index contributed by atoms with van der Waals surface area (Å²) in [4.78, 5) is 1.04. The SMILES string of the molecule is C[C@H]1COC(Oc2ccc(SCCCS(=O)(=O)O)cc2)C1. The van der Waals surface area contributed by atoms with Crippen LogP contribution in [0.1, 0.15) is 19.8 Å². The molecule has 1 aliphatic heterocycles. The molecule has 118 valence electrons. The fraction of sp³-hybridized carbons (Fsp3) is 0.571. The molecule has 1 unspecified atom stereocenters. The van der Waals surface area contributed by atoms with Crippen LogP contribution in [0.15, 0.2) is 29.2 Å². The van der Waals surface area contributed by atoms with Gasteiger partial charge in [0, 0.05) is 11.3 Å².